The van der Waals surface area contributed by atoms with Crippen LogP contribution in [0, 0.1) is 11.8 Å². The van der Waals surface area contributed by atoms with Crippen molar-refractivity contribution >= 4 is 11.7 Å². The van der Waals surface area contributed by atoms with E-state index in [2.05, 4.69) is 22.8 Å². The number of carbonyl (C=O) groups excluding carboxylic acids is 1. The van der Waals surface area contributed by atoms with E-state index in [1.165, 1.54) is 5.56 Å². The molecule has 2 saturated heterocycles. The molecule has 21 heavy (non-hydrogen) atoms. The quantitative estimate of drug-likeness (QED) is 0.894. The number of rotatable bonds is 3. The molecule has 2 aliphatic heterocycles. The zero-order valence-corrected chi connectivity index (χ0v) is 11.9. The third-order valence-electron chi connectivity index (χ3n) is 4.82. The monoisotopic (exact) mass is 288 g/mol. The number of fused-ring (bicyclic) bond motifs is 1. The Labute approximate surface area is 124 Å². The summed E-state index contributed by atoms with van der Waals surface area (Å²) in [5.41, 5.74) is 2.12. The van der Waals surface area contributed by atoms with Gasteiger partial charge in [0.2, 0.25) is 0 Å². The van der Waals surface area contributed by atoms with Gasteiger partial charge in [0.15, 0.2) is 0 Å². The van der Waals surface area contributed by atoms with Gasteiger partial charge in [-0.3, -0.25) is 0 Å². The second kappa shape index (κ2) is 5.31. The molecule has 1 aliphatic carbocycles. The molecular formula is C16H20N2O3. The first-order valence-corrected chi connectivity index (χ1v) is 7.64. The fourth-order valence-electron chi connectivity index (χ4n) is 3.41. The summed E-state index contributed by atoms with van der Waals surface area (Å²) in [5, 5.41) is 5.92. The molecule has 0 bridgehead atoms. The predicted octanol–water partition coefficient (Wildman–Crippen LogP) is 1.96. The van der Waals surface area contributed by atoms with Crippen LogP contribution in [0.1, 0.15) is 17.9 Å². The average molecular weight is 288 g/mol. The molecule has 5 nitrogen and oxygen atoms in total. The van der Waals surface area contributed by atoms with E-state index in [4.69, 9.17) is 9.47 Å². The van der Waals surface area contributed by atoms with Crippen molar-refractivity contribution in [3.05, 3.63) is 29.8 Å². The third-order valence-corrected chi connectivity index (χ3v) is 4.82. The van der Waals surface area contributed by atoms with Gasteiger partial charge in [-0.2, -0.15) is 0 Å². The average Bonchev–Trinajstić information content (AvgIpc) is 2.98. The Morgan fingerprint density at radius 3 is 2.48 bits per heavy atom. The zero-order chi connectivity index (χ0) is 14.2. The molecule has 3 aliphatic rings. The highest BCUT2D eigenvalue weighted by molar-refractivity contribution is 5.89. The largest absolute Gasteiger partial charge is 0.381 e. The van der Waals surface area contributed by atoms with Gasteiger partial charge in [0.1, 0.15) is 0 Å². The van der Waals surface area contributed by atoms with Crippen LogP contribution < -0.4 is 10.6 Å². The molecule has 4 atom stereocenters. The molecule has 0 aromatic heterocycles. The Balaban J connectivity index is 1.31. The summed E-state index contributed by atoms with van der Waals surface area (Å²) < 4.78 is 10.7. The Hall–Kier alpha value is -1.59. The third kappa shape index (κ3) is 2.63. The van der Waals surface area contributed by atoms with Crippen molar-refractivity contribution in [2.24, 2.45) is 11.8 Å². The van der Waals surface area contributed by atoms with E-state index in [1.807, 2.05) is 12.1 Å². The SMILES string of the molecule is O=C(Nc1ccc(C2CCOC2)cc1)NC1[C@H]2COC[C@@H]12. The Morgan fingerprint density at radius 2 is 1.81 bits per heavy atom. The number of nitrogens with one attached hydrogen (secondary N) is 2. The number of anilines is 1. The maximum Gasteiger partial charge on any atom is 0.319 e. The fraction of sp³-hybridized carbons (Fsp3) is 0.562. The van der Waals surface area contributed by atoms with Crippen molar-refractivity contribution in [1.82, 2.24) is 5.32 Å². The standard InChI is InChI=1S/C16H20N2O3/c19-16(18-15-13-8-21-9-14(13)15)17-12-3-1-10(2-4-12)11-5-6-20-7-11/h1-4,11,13-15H,5-9H2,(H2,17,18,19)/t11?,13-,14+,15?. The van der Waals surface area contributed by atoms with E-state index in [-0.39, 0.29) is 6.03 Å². The topological polar surface area (TPSA) is 59.6 Å². The molecular weight excluding hydrogens is 268 g/mol. The summed E-state index contributed by atoms with van der Waals surface area (Å²) in [6.45, 7) is 3.22. The Bertz CT molecular complexity index is 515. The van der Waals surface area contributed by atoms with Crippen LogP contribution in [0.4, 0.5) is 10.5 Å². The number of hydrogen-bond donors (Lipinski definition) is 2. The lowest BCUT2D eigenvalue weighted by molar-refractivity contribution is 0.157. The molecule has 2 heterocycles. The van der Waals surface area contributed by atoms with E-state index in [1.54, 1.807) is 0 Å². The molecule has 4 rings (SSSR count). The zero-order valence-electron chi connectivity index (χ0n) is 11.9. The van der Waals surface area contributed by atoms with Gasteiger partial charge in [-0.05, 0) is 24.1 Å². The highest BCUT2D eigenvalue weighted by Crippen LogP contribution is 2.44. The van der Waals surface area contributed by atoms with Crippen LogP contribution in [0.2, 0.25) is 0 Å². The van der Waals surface area contributed by atoms with Gasteiger partial charge in [0.25, 0.3) is 0 Å². The van der Waals surface area contributed by atoms with Gasteiger partial charge in [0.05, 0.1) is 19.8 Å². The summed E-state index contributed by atoms with van der Waals surface area (Å²) in [6, 6.07) is 8.26. The lowest BCUT2D eigenvalue weighted by Gasteiger charge is -2.11. The minimum absolute atomic E-state index is 0.119. The van der Waals surface area contributed by atoms with Crippen molar-refractivity contribution in [2.75, 3.05) is 31.7 Å². The van der Waals surface area contributed by atoms with Crippen LogP contribution in [0.25, 0.3) is 0 Å². The van der Waals surface area contributed by atoms with E-state index < -0.39 is 0 Å². The maximum absolute atomic E-state index is 12.0. The van der Waals surface area contributed by atoms with Gasteiger partial charge in [-0.1, -0.05) is 12.1 Å². The number of urea groups is 1. The molecule has 1 saturated carbocycles. The van der Waals surface area contributed by atoms with Crippen molar-refractivity contribution in [1.29, 1.82) is 0 Å². The summed E-state index contributed by atoms with van der Waals surface area (Å²) in [5.74, 6) is 1.56. The van der Waals surface area contributed by atoms with E-state index in [9.17, 15) is 4.79 Å². The van der Waals surface area contributed by atoms with Gasteiger partial charge in [0, 0.05) is 36.1 Å². The lowest BCUT2D eigenvalue weighted by atomic mass is 9.98. The minimum atomic E-state index is -0.119. The smallest absolute Gasteiger partial charge is 0.319 e. The molecule has 1 aromatic rings. The summed E-state index contributed by atoms with van der Waals surface area (Å²) in [7, 11) is 0. The van der Waals surface area contributed by atoms with Crippen LogP contribution >= 0.6 is 0 Å². The fourth-order valence-corrected chi connectivity index (χ4v) is 3.41. The second-order valence-corrected chi connectivity index (χ2v) is 6.17. The van der Waals surface area contributed by atoms with Crippen LogP contribution in [0.5, 0.6) is 0 Å². The summed E-state index contributed by atoms with van der Waals surface area (Å²) in [6.07, 6.45) is 1.08. The highest BCUT2D eigenvalue weighted by atomic mass is 16.5. The first-order valence-electron chi connectivity index (χ1n) is 7.64. The van der Waals surface area contributed by atoms with Crippen molar-refractivity contribution in [2.45, 2.75) is 18.4 Å². The molecule has 2 N–H and O–H groups in total. The number of hydrogen-bond acceptors (Lipinski definition) is 3. The van der Waals surface area contributed by atoms with Crippen LogP contribution in [-0.2, 0) is 9.47 Å². The van der Waals surface area contributed by atoms with E-state index in [0.717, 1.165) is 38.5 Å². The summed E-state index contributed by atoms with van der Waals surface area (Å²) in [4.78, 5) is 12.0. The molecule has 1 aromatic carbocycles. The second-order valence-electron chi connectivity index (χ2n) is 6.17. The lowest BCUT2D eigenvalue weighted by Crippen LogP contribution is -2.33. The van der Waals surface area contributed by atoms with Crippen LogP contribution in [-0.4, -0.2) is 38.5 Å². The maximum atomic E-state index is 12.0. The molecule has 0 spiro atoms. The van der Waals surface area contributed by atoms with Gasteiger partial charge < -0.3 is 20.1 Å². The Morgan fingerprint density at radius 1 is 1.05 bits per heavy atom. The predicted molar refractivity (Wildman–Crippen MR) is 78.4 cm³/mol. The molecule has 5 heteroatoms. The van der Waals surface area contributed by atoms with Crippen LogP contribution in [0.15, 0.2) is 24.3 Å². The van der Waals surface area contributed by atoms with E-state index >= 15 is 0 Å². The minimum Gasteiger partial charge on any atom is -0.381 e. The number of benzene rings is 1. The van der Waals surface area contributed by atoms with Gasteiger partial charge >= 0.3 is 6.03 Å². The number of amides is 2. The molecule has 3 fully saturated rings. The molecule has 0 radical (unpaired) electrons. The van der Waals surface area contributed by atoms with Crippen LogP contribution in [0.3, 0.4) is 0 Å². The van der Waals surface area contributed by atoms with Crippen molar-refractivity contribution in [3.63, 3.8) is 0 Å². The van der Waals surface area contributed by atoms with E-state index in [0.29, 0.717) is 23.8 Å². The number of carbonyl (C=O) groups is 1. The summed E-state index contributed by atoms with van der Waals surface area (Å²) >= 11 is 0. The van der Waals surface area contributed by atoms with Crippen molar-refractivity contribution in [3.8, 4) is 0 Å². The molecule has 2 amide bonds. The van der Waals surface area contributed by atoms with Gasteiger partial charge in [-0.25, -0.2) is 4.79 Å². The first-order chi connectivity index (χ1) is 10.3. The van der Waals surface area contributed by atoms with Crippen molar-refractivity contribution < 1.29 is 14.3 Å². The first kappa shape index (κ1) is 13.1. The Kier molecular flexibility index (Phi) is 3.31. The van der Waals surface area contributed by atoms with Gasteiger partial charge in [-0.15, -0.1) is 0 Å². The number of ether oxygens (including phenoxy) is 2. The molecule has 112 valence electrons. The highest BCUT2D eigenvalue weighted by Gasteiger charge is 2.54. The normalized spacial score (nSPS) is 33.5. The molecule has 2 unspecified atom stereocenters.